The molecule has 0 aromatic heterocycles. The highest BCUT2D eigenvalue weighted by Gasteiger charge is 2.22. The molecule has 1 N–H and O–H groups in total. The Bertz CT molecular complexity index is 394. The van der Waals surface area contributed by atoms with Crippen LogP contribution in [-0.2, 0) is 10.0 Å². The van der Waals surface area contributed by atoms with Crippen LogP contribution in [0.1, 0.15) is 6.92 Å². The van der Waals surface area contributed by atoms with Crippen molar-refractivity contribution in [1.29, 1.82) is 0 Å². The van der Waals surface area contributed by atoms with Crippen LogP contribution >= 0.6 is 23.4 Å². The number of benzene rings is 1. The number of sulfonamides is 1. The summed E-state index contributed by atoms with van der Waals surface area (Å²) in [4.78, 5) is 0. The zero-order chi connectivity index (χ0) is 11.3. The van der Waals surface area contributed by atoms with Crippen LogP contribution in [0.15, 0.2) is 30.3 Å². The molecule has 0 fully saturated rings. The van der Waals surface area contributed by atoms with E-state index in [1.165, 1.54) is 11.8 Å². The van der Waals surface area contributed by atoms with Gasteiger partial charge in [-0.25, -0.2) is 8.42 Å². The van der Waals surface area contributed by atoms with Crippen LogP contribution in [0.3, 0.4) is 0 Å². The fourth-order valence-corrected chi connectivity index (χ4v) is 3.54. The second-order valence-corrected chi connectivity index (χ2v) is 7.14. The van der Waals surface area contributed by atoms with Gasteiger partial charge in [0.05, 0.1) is 0 Å². The third-order valence-electron chi connectivity index (χ3n) is 1.58. The molecule has 0 radical (unpaired) electrons. The second-order valence-electron chi connectivity index (χ2n) is 2.74. The summed E-state index contributed by atoms with van der Waals surface area (Å²) in [7, 11) is -3.50. The van der Waals surface area contributed by atoms with Gasteiger partial charge in [-0.15, -0.1) is 11.8 Å². The van der Waals surface area contributed by atoms with Crippen LogP contribution in [0.25, 0.3) is 0 Å². The van der Waals surface area contributed by atoms with E-state index in [9.17, 15) is 8.42 Å². The van der Waals surface area contributed by atoms with E-state index in [2.05, 4.69) is 4.72 Å². The van der Waals surface area contributed by atoms with Crippen LogP contribution < -0.4 is 4.72 Å². The lowest BCUT2D eigenvalue weighted by Gasteiger charge is -2.11. The Kier molecular flexibility index (Phi) is 4.76. The molecule has 0 bridgehead atoms. The lowest BCUT2D eigenvalue weighted by Crippen LogP contribution is -2.21. The zero-order valence-corrected chi connectivity index (χ0v) is 10.6. The molecule has 0 amide bonds. The summed E-state index contributed by atoms with van der Waals surface area (Å²) in [6.07, 6.45) is 0. The summed E-state index contributed by atoms with van der Waals surface area (Å²) in [6.45, 7) is 1.86. The van der Waals surface area contributed by atoms with Gasteiger partial charge in [-0.1, -0.05) is 36.7 Å². The number of nitrogens with one attached hydrogen (secondary N) is 1. The van der Waals surface area contributed by atoms with Crippen LogP contribution in [0, 0.1) is 0 Å². The summed E-state index contributed by atoms with van der Waals surface area (Å²) in [5.74, 6) is 0.657. The first-order valence-corrected chi connectivity index (χ1v) is 7.42. The van der Waals surface area contributed by atoms with Crippen molar-refractivity contribution in [2.24, 2.45) is 0 Å². The molecule has 1 rings (SSSR count). The van der Waals surface area contributed by atoms with Crippen molar-refractivity contribution in [2.75, 3.05) is 10.5 Å². The topological polar surface area (TPSA) is 46.2 Å². The molecule has 0 aliphatic heterocycles. The van der Waals surface area contributed by atoms with Gasteiger partial charge in [0.25, 0.3) is 10.0 Å². The molecule has 1 aromatic rings. The maximum Gasteiger partial charge on any atom is 0.259 e. The Morgan fingerprint density at radius 3 is 2.53 bits per heavy atom. The monoisotopic (exact) mass is 265 g/mol. The molecule has 0 heterocycles. The van der Waals surface area contributed by atoms with E-state index in [0.29, 0.717) is 11.4 Å². The van der Waals surface area contributed by atoms with E-state index in [1.807, 2.05) is 13.0 Å². The van der Waals surface area contributed by atoms with E-state index in [4.69, 9.17) is 11.6 Å². The number of anilines is 1. The minimum atomic E-state index is -3.50. The van der Waals surface area contributed by atoms with Crippen LogP contribution in [0.5, 0.6) is 0 Å². The third kappa shape index (κ3) is 3.93. The lowest BCUT2D eigenvalue weighted by molar-refractivity contribution is 0.604. The Morgan fingerprint density at radius 1 is 1.40 bits per heavy atom. The van der Waals surface area contributed by atoms with Gasteiger partial charge in [-0.05, 0) is 17.9 Å². The average Bonchev–Trinajstić information content (AvgIpc) is 2.19. The van der Waals surface area contributed by atoms with E-state index < -0.39 is 14.1 Å². The van der Waals surface area contributed by atoms with E-state index in [-0.39, 0.29) is 0 Å². The number of halogens is 1. The van der Waals surface area contributed by atoms with Crippen molar-refractivity contribution in [1.82, 2.24) is 0 Å². The number of hydrogen-bond donors (Lipinski definition) is 1. The van der Waals surface area contributed by atoms with E-state index >= 15 is 0 Å². The van der Waals surface area contributed by atoms with Gasteiger partial charge in [0.2, 0.25) is 0 Å². The van der Waals surface area contributed by atoms with Crippen molar-refractivity contribution in [3.8, 4) is 0 Å². The van der Waals surface area contributed by atoms with Crippen LogP contribution in [-0.4, -0.2) is 18.2 Å². The largest absolute Gasteiger partial charge is 0.282 e. The van der Waals surface area contributed by atoms with Crippen molar-refractivity contribution in [3.63, 3.8) is 0 Å². The summed E-state index contributed by atoms with van der Waals surface area (Å²) in [6, 6.07) is 8.69. The van der Waals surface area contributed by atoms with Gasteiger partial charge in [-0.2, -0.15) is 0 Å². The minimum absolute atomic E-state index is 0.528. The molecule has 0 aliphatic carbocycles. The molecule has 0 spiro atoms. The third-order valence-corrected chi connectivity index (χ3v) is 5.43. The molecule has 6 heteroatoms. The Morgan fingerprint density at radius 2 is 2.00 bits per heavy atom. The van der Waals surface area contributed by atoms with Gasteiger partial charge in [-0.3, -0.25) is 4.72 Å². The highest BCUT2D eigenvalue weighted by atomic mass is 35.5. The molecule has 84 valence electrons. The number of para-hydroxylation sites is 1. The normalized spacial score (nSPS) is 13.5. The fraction of sp³-hybridized carbons (Fsp3) is 0.333. The molecule has 0 saturated heterocycles. The highest BCUT2D eigenvalue weighted by Crippen LogP contribution is 2.23. The second kappa shape index (κ2) is 5.63. The molecule has 15 heavy (non-hydrogen) atoms. The van der Waals surface area contributed by atoms with Crippen molar-refractivity contribution in [3.05, 3.63) is 30.3 Å². The number of alkyl halides is 1. The number of thioether (sulfide) groups is 1. The first-order valence-electron chi connectivity index (χ1n) is 4.38. The summed E-state index contributed by atoms with van der Waals surface area (Å²) in [5.41, 5.74) is 0.528. The van der Waals surface area contributed by atoms with Crippen molar-refractivity contribution in [2.45, 2.75) is 11.0 Å². The zero-order valence-electron chi connectivity index (χ0n) is 8.18. The molecule has 0 aliphatic rings. The van der Waals surface area contributed by atoms with E-state index in [1.54, 1.807) is 24.3 Å². The minimum Gasteiger partial charge on any atom is -0.282 e. The molecule has 1 unspecified atom stereocenters. The predicted molar refractivity (Wildman–Crippen MR) is 66.8 cm³/mol. The fourth-order valence-electron chi connectivity index (χ4n) is 0.937. The lowest BCUT2D eigenvalue weighted by atomic mass is 10.3. The van der Waals surface area contributed by atoms with E-state index in [0.717, 1.165) is 0 Å². The summed E-state index contributed by atoms with van der Waals surface area (Å²) >= 11 is 6.91. The predicted octanol–water partition coefficient (Wildman–Crippen LogP) is 2.70. The SMILES string of the molecule is CCSC(Cl)S(=O)(=O)Nc1ccccc1. The van der Waals surface area contributed by atoms with Crippen molar-refractivity contribution >= 4 is 39.1 Å². The van der Waals surface area contributed by atoms with Gasteiger partial charge in [0, 0.05) is 5.69 Å². The van der Waals surface area contributed by atoms with Crippen molar-refractivity contribution < 1.29 is 8.42 Å². The quantitative estimate of drug-likeness (QED) is 0.833. The first kappa shape index (κ1) is 12.7. The number of rotatable bonds is 5. The smallest absolute Gasteiger partial charge is 0.259 e. The Hall–Kier alpha value is -0.390. The molecule has 1 aromatic carbocycles. The highest BCUT2D eigenvalue weighted by molar-refractivity contribution is 8.15. The van der Waals surface area contributed by atoms with Gasteiger partial charge < -0.3 is 0 Å². The van der Waals surface area contributed by atoms with Gasteiger partial charge in [0.15, 0.2) is 4.04 Å². The van der Waals surface area contributed by atoms with Crippen LogP contribution in [0.2, 0.25) is 0 Å². The average molecular weight is 266 g/mol. The van der Waals surface area contributed by atoms with Gasteiger partial charge >= 0.3 is 0 Å². The molecule has 3 nitrogen and oxygen atoms in total. The standard InChI is InChI=1S/C9H12ClNO2S2/c1-2-14-9(10)15(12,13)11-8-6-4-3-5-7-8/h3-7,9,11H,2H2,1H3. The Labute approximate surface area is 99.3 Å². The molecular weight excluding hydrogens is 254 g/mol. The maximum atomic E-state index is 11.6. The molecule has 1 atom stereocenters. The first-order chi connectivity index (χ1) is 7.06. The summed E-state index contributed by atoms with van der Waals surface area (Å²) in [5, 5.41) is 0. The number of hydrogen-bond acceptors (Lipinski definition) is 3. The Balaban J connectivity index is 2.73. The molecular formula is C9H12ClNO2S2. The molecule has 0 saturated carbocycles. The maximum absolute atomic E-state index is 11.6. The van der Waals surface area contributed by atoms with Crippen LogP contribution in [0.4, 0.5) is 5.69 Å². The summed E-state index contributed by atoms with van der Waals surface area (Å²) < 4.78 is 24.7. The van der Waals surface area contributed by atoms with Gasteiger partial charge in [0.1, 0.15) is 0 Å².